The van der Waals surface area contributed by atoms with Gasteiger partial charge in [0.2, 0.25) is 0 Å². The molecule has 0 aliphatic heterocycles. The lowest BCUT2D eigenvalue weighted by atomic mass is 9.83. The van der Waals surface area contributed by atoms with E-state index in [1.54, 1.807) is 16.7 Å². The Bertz CT molecular complexity index is 1080. The maximum atomic E-state index is 13.9. The lowest BCUT2D eigenvalue weighted by Gasteiger charge is -2.35. The third-order valence-corrected chi connectivity index (χ3v) is 5.55. The average Bonchev–Trinajstić information content (AvgIpc) is 2.72. The summed E-state index contributed by atoms with van der Waals surface area (Å²) in [6.45, 7) is 14.8. The molecule has 190 valence electrons. The highest BCUT2D eigenvalue weighted by Gasteiger charge is 2.36. The minimum Gasteiger partial charge on any atom is -0.493 e. The SMILES string of the molecule is CCCCOc1c(C(NC(=O)O)C(C)(C)C)n(CC(C)(C)C)c(=O)c2cc(OC)c(OC)cc12. The molecule has 8 heteroatoms. The van der Waals surface area contributed by atoms with Crippen LogP contribution in [-0.4, -0.2) is 36.6 Å². The van der Waals surface area contributed by atoms with Crippen molar-refractivity contribution >= 4 is 16.9 Å². The monoisotopic (exact) mass is 476 g/mol. The first-order valence-corrected chi connectivity index (χ1v) is 11.7. The fraction of sp³-hybridized carbons (Fsp3) is 0.615. The Morgan fingerprint density at radius 2 is 1.62 bits per heavy atom. The number of hydrogen-bond donors (Lipinski definition) is 2. The van der Waals surface area contributed by atoms with Crippen molar-refractivity contribution in [2.45, 2.75) is 73.9 Å². The molecule has 0 fully saturated rings. The molecule has 1 atom stereocenters. The minimum absolute atomic E-state index is 0.231. The van der Waals surface area contributed by atoms with E-state index in [2.05, 4.69) is 12.2 Å². The number of unbranched alkanes of at least 4 members (excludes halogenated alkanes) is 1. The highest BCUT2D eigenvalue weighted by Crippen LogP contribution is 2.43. The van der Waals surface area contributed by atoms with Crippen LogP contribution < -0.4 is 25.1 Å². The second-order valence-electron chi connectivity index (χ2n) is 10.9. The Balaban J connectivity index is 3.10. The number of carboxylic acid groups (broad SMARTS) is 1. The maximum Gasteiger partial charge on any atom is 0.405 e. The van der Waals surface area contributed by atoms with Gasteiger partial charge in [0.25, 0.3) is 5.56 Å². The van der Waals surface area contributed by atoms with E-state index >= 15 is 0 Å². The Kier molecular flexibility index (Phi) is 8.50. The normalized spacial score (nSPS) is 13.0. The van der Waals surface area contributed by atoms with E-state index in [0.717, 1.165) is 12.8 Å². The van der Waals surface area contributed by atoms with Gasteiger partial charge in [-0.3, -0.25) is 4.79 Å². The topological polar surface area (TPSA) is 99.0 Å². The van der Waals surface area contributed by atoms with Crippen molar-refractivity contribution in [3.8, 4) is 17.2 Å². The standard InChI is InChI=1S/C26H40N2O6/c1-10-11-12-34-21-16-13-18(32-8)19(33-9)14-17(16)23(29)28(15-25(2,3)4)20(21)22(26(5,6)7)27-24(30)31/h13-14,22,27H,10-12,15H2,1-9H3,(H,30,31). The first-order valence-electron chi connectivity index (χ1n) is 11.7. The van der Waals surface area contributed by atoms with E-state index in [1.165, 1.54) is 14.2 Å². The van der Waals surface area contributed by atoms with Crippen LogP contribution >= 0.6 is 0 Å². The van der Waals surface area contributed by atoms with E-state index in [1.807, 2.05) is 41.5 Å². The summed E-state index contributed by atoms with van der Waals surface area (Å²) in [7, 11) is 3.06. The molecule has 0 aliphatic carbocycles. The van der Waals surface area contributed by atoms with Crippen molar-refractivity contribution in [3.63, 3.8) is 0 Å². The summed E-state index contributed by atoms with van der Waals surface area (Å²) < 4.78 is 19.0. The average molecular weight is 477 g/mol. The van der Waals surface area contributed by atoms with Gasteiger partial charge in [-0.1, -0.05) is 54.9 Å². The molecule has 0 bridgehead atoms. The molecule has 0 saturated heterocycles. The van der Waals surface area contributed by atoms with Gasteiger partial charge in [-0.2, -0.15) is 0 Å². The number of amides is 1. The van der Waals surface area contributed by atoms with Crippen molar-refractivity contribution in [1.29, 1.82) is 0 Å². The first-order chi connectivity index (χ1) is 15.7. The number of hydrogen-bond acceptors (Lipinski definition) is 5. The van der Waals surface area contributed by atoms with Crippen LogP contribution in [0, 0.1) is 10.8 Å². The van der Waals surface area contributed by atoms with Gasteiger partial charge >= 0.3 is 6.09 Å². The van der Waals surface area contributed by atoms with Crippen molar-refractivity contribution in [2.24, 2.45) is 10.8 Å². The highest BCUT2D eigenvalue weighted by atomic mass is 16.5. The van der Waals surface area contributed by atoms with Crippen LogP contribution in [0.4, 0.5) is 4.79 Å². The van der Waals surface area contributed by atoms with Gasteiger partial charge in [0, 0.05) is 11.9 Å². The molecule has 0 saturated carbocycles. The van der Waals surface area contributed by atoms with Crippen molar-refractivity contribution in [1.82, 2.24) is 9.88 Å². The molecule has 0 spiro atoms. The second kappa shape index (κ2) is 10.6. The molecule has 8 nitrogen and oxygen atoms in total. The fourth-order valence-electron chi connectivity index (χ4n) is 3.97. The number of nitrogens with one attached hydrogen (secondary N) is 1. The minimum atomic E-state index is -1.17. The zero-order chi connectivity index (χ0) is 25.8. The van der Waals surface area contributed by atoms with Crippen LogP contribution in [0.15, 0.2) is 16.9 Å². The first kappa shape index (κ1) is 27.3. The number of fused-ring (bicyclic) bond motifs is 1. The van der Waals surface area contributed by atoms with E-state index in [0.29, 0.717) is 46.9 Å². The van der Waals surface area contributed by atoms with Gasteiger partial charge in [-0.05, 0) is 29.4 Å². The molecular formula is C26H40N2O6. The molecule has 0 radical (unpaired) electrons. The summed E-state index contributed by atoms with van der Waals surface area (Å²) in [5.74, 6) is 1.40. The Morgan fingerprint density at radius 3 is 2.06 bits per heavy atom. The predicted octanol–water partition coefficient (Wildman–Crippen LogP) is 5.60. The number of pyridine rings is 1. The van der Waals surface area contributed by atoms with Gasteiger partial charge in [0.05, 0.1) is 37.9 Å². The number of rotatable bonds is 9. The van der Waals surface area contributed by atoms with Crippen molar-refractivity contribution < 1.29 is 24.1 Å². The van der Waals surface area contributed by atoms with E-state index in [9.17, 15) is 14.7 Å². The summed E-state index contributed by atoms with van der Waals surface area (Å²) in [6, 6.07) is 2.71. The molecule has 1 heterocycles. The molecule has 2 N–H and O–H groups in total. The molecular weight excluding hydrogens is 436 g/mol. The van der Waals surface area contributed by atoms with Crippen LogP contribution in [0.25, 0.3) is 10.8 Å². The largest absolute Gasteiger partial charge is 0.493 e. The van der Waals surface area contributed by atoms with Gasteiger partial charge < -0.3 is 29.2 Å². The third-order valence-electron chi connectivity index (χ3n) is 5.55. The molecule has 2 aromatic rings. The van der Waals surface area contributed by atoms with Gasteiger partial charge in [-0.15, -0.1) is 0 Å². The number of benzene rings is 1. The van der Waals surface area contributed by atoms with E-state index < -0.39 is 17.6 Å². The van der Waals surface area contributed by atoms with Crippen LogP contribution in [0.1, 0.15) is 73.0 Å². The quantitative estimate of drug-likeness (QED) is 0.457. The second-order valence-corrected chi connectivity index (χ2v) is 10.9. The number of methoxy groups -OCH3 is 2. The summed E-state index contributed by atoms with van der Waals surface area (Å²) in [4.78, 5) is 25.8. The van der Waals surface area contributed by atoms with Crippen LogP contribution in [-0.2, 0) is 6.54 Å². The summed E-state index contributed by atoms with van der Waals surface area (Å²) in [5.41, 5.74) is -0.511. The fourth-order valence-corrected chi connectivity index (χ4v) is 3.97. The smallest absolute Gasteiger partial charge is 0.405 e. The third kappa shape index (κ3) is 6.15. The number of carbonyl (C=O) groups is 1. The van der Waals surface area contributed by atoms with Crippen molar-refractivity contribution in [3.05, 3.63) is 28.2 Å². The number of nitrogens with zero attached hydrogens (tertiary/aromatic N) is 1. The Hall–Kier alpha value is -2.90. The maximum absolute atomic E-state index is 13.9. The summed E-state index contributed by atoms with van der Waals surface area (Å²) in [5, 5.41) is 13.4. The molecule has 1 unspecified atom stereocenters. The molecule has 1 aromatic heterocycles. The zero-order valence-corrected chi connectivity index (χ0v) is 22.0. The predicted molar refractivity (Wildman–Crippen MR) is 135 cm³/mol. The van der Waals surface area contributed by atoms with Crippen LogP contribution in [0.3, 0.4) is 0 Å². The number of aromatic nitrogens is 1. The lowest BCUT2D eigenvalue weighted by molar-refractivity contribution is 0.169. The van der Waals surface area contributed by atoms with E-state index in [-0.39, 0.29) is 11.0 Å². The molecule has 2 rings (SSSR count). The Morgan fingerprint density at radius 1 is 1.06 bits per heavy atom. The molecule has 34 heavy (non-hydrogen) atoms. The van der Waals surface area contributed by atoms with E-state index in [4.69, 9.17) is 14.2 Å². The van der Waals surface area contributed by atoms with Crippen LogP contribution in [0.5, 0.6) is 17.2 Å². The van der Waals surface area contributed by atoms with Gasteiger partial charge in [0.15, 0.2) is 11.5 Å². The Labute approximate surface area is 202 Å². The van der Waals surface area contributed by atoms with Gasteiger partial charge in [0.1, 0.15) is 5.75 Å². The lowest BCUT2D eigenvalue weighted by Crippen LogP contribution is -2.41. The highest BCUT2D eigenvalue weighted by molar-refractivity contribution is 5.91. The number of ether oxygens (including phenoxy) is 3. The molecule has 1 aromatic carbocycles. The summed E-state index contributed by atoms with van der Waals surface area (Å²) >= 11 is 0. The molecule has 1 amide bonds. The zero-order valence-electron chi connectivity index (χ0n) is 22.0. The molecule has 0 aliphatic rings. The van der Waals surface area contributed by atoms with Crippen molar-refractivity contribution in [2.75, 3.05) is 20.8 Å². The van der Waals surface area contributed by atoms with Crippen LogP contribution in [0.2, 0.25) is 0 Å². The summed E-state index contributed by atoms with van der Waals surface area (Å²) in [6.07, 6.45) is 0.586. The van der Waals surface area contributed by atoms with Gasteiger partial charge in [-0.25, -0.2) is 4.79 Å².